The van der Waals surface area contributed by atoms with Gasteiger partial charge in [0.2, 0.25) is 0 Å². The van der Waals surface area contributed by atoms with E-state index in [1.165, 1.54) is 0 Å². The highest BCUT2D eigenvalue weighted by atomic mass is 16.6. The fourth-order valence-electron chi connectivity index (χ4n) is 0.439. The van der Waals surface area contributed by atoms with Gasteiger partial charge in [-0.1, -0.05) is 5.92 Å². The maximum atomic E-state index is 5.08. The van der Waals surface area contributed by atoms with Crippen molar-refractivity contribution in [3.63, 3.8) is 0 Å². The lowest BCUT2D eigenvalue weighted by atomic mass is 10.2. The van der Waals surface area contributed by atoms with Crippen molar-refractivity contribution in [1.82, 2.24) is 0 Å². The third kappa shape index (κ3) is 3.63. The quantitative estimate of drug-likeness (QED) is 0.340. The van der Waals surface area contributed by atoms with E-state index in [9.17, 15) is 0 Å². The van der Waals surface area contributed by atoms with Gasteiger partial charge < -0.3 is 4.84 Å². The predicted octanol–water partition coefficient (Wildman–Crippen LogP) is 1.05. The molecular formula is C7H11NO. The van der Waals surface area contributed by atoms with Gasteiger partial charge in [0.05, 0.1) is 0 Å². The number of rotatable bonds is 2. The smallest absolute Gasteiger partial charge is 0.118 e. The van der Waals surface area contributed by atoms with Crippen LogP contribution in [0.25, 0.3) is 0 Å². The summed E-state index contributed by atoms with van der Waals surface area (Å²) >= 11 is 0. The molecule has 0 amide bonds. The molecule has 0 aliphatic rings. The van der Waals surface area contributed by atoms with Crippen molar-refractivity contribution in [2.24, 2.45) is 11.8 Å². The average Bonchev–Trinajstić information content (AvgIpc) is 1.87. The average molecular weight is 125 g/mol. The van der Waals surface area contributed by atoms with Crippen LogP contribution in [0, 0.1) is 18.3 Å². The van der Waals surface area contributed by atoms with Crippen LogP contribution in [0.15, 0.2) is 11.8 Å². The maximum Gasteiger partial charge on any atom is 0.118 e. The molecule has 2 N–H and O–H groups in total. The van der Waals surface area contributed by atoms with Crippen LogP contribution in [-0.4, -0.2) is 0 Å². The second-order valence-electron chi connectivity index (χ2n) is 1.85. The Morgan fingerprint density at radius 2 is 2.44 bits per heavy atom. The molecule has 2 nitrogen and oxygen atoms in total. The molecular weight excluding hydrogens is 114 g/mol. The molecule has 0 aliphatic heterocycles. The molecule has 0 radical (unpaired) electrons. The van der Waals surface area contributed by atoms with Crippen LogP contribution in [0.4, 0.5) is 0 Å². The Bertz CT molecular complexity index is 143. The Morgan fingerprint density at radius 3 is 2.78 bits per heavy atom. The fraction of sp³-hybridized carbons (Fsp3) is 0.429. The summed E-state index contributed by atoms with van der Waals surface area (Å²) in [5.41, 5.74) is 0. The van der Waals surface area contributed by atoms with E-state index in [-0.39, 0.29) is 5.92 Å². The van der Waals surface area contributed by atoms with E-state index < -0.39 is 0 Å². The van der Waals surface area contributed by atoms with Gasteiger partial charge >= 0.3 is 0 Å². The molecule has 0 fully saturated rings. The van der Waals surface area contributed by atoms with Crippen LogP contribution in [0.2, 0.25) is 0 Å². The van der Waals surface area contributed by atoms with Gasteiger partial charge in [0, 0.05) is 5.92 Å². The highest BCUT2D eigenvalue weighted by Gasteiger charge is 1.91. The van der Waals surface area contributed by atoms with E-state index >= 15 is 0 Å². The number of hydrogen-bond acceptors (Lipinski definition) is 2. The topological polar surface area (TPSA) is 35.2 Å². The van der Waals surface area contributed by atoms with Crippen LogP contribution in [0.5, 0.6) is 0 Å². The van der Waals surface area contributed by atoms with Gasteiger partial charge in [-0.2, -0.15) is 5.90 Å². The summed E-state index contributed by atoms with van der Waals surface area (Å²) in [4.78, 5) is 4.39. The summed E-state index contributed by atoms with van der Waals surface area (Å²) in [5, 5.41) is 0. The van der Waals surface area contributed by atoms with Crippen molar-refractivity contribution in [3.05, 3.63) is 11.8 Å². The van der Waals surface area contributed by atoms with E-state index in [0.29, 0.717) is 5.76 Å². The highest BCUT2D eigenvalue weighted by molar-refractivity contribution is 5.05. The number of hydrogen-bond donors (Lipinski definition) is 1. The summed E-state index contributed by atoms with van der Waals surface area (Å²) in [6.07, 6.45) is 6.86. The molecule has 0 bridgehead atoms. The van der Waals surface area contributed by atoms with Crippen LogP contribution in [-0.2, 0) is 4.84 Å². The molecule has 0 heterocycles. The van der Waals surface area contributed by atoms with Crippen molar-refractivity contribution in [1.29, 1.82) is 0 Å². The van der Waals surface area contributed by atoms with Gasteiger partial charge in [0.15, 0.2) is 0 Å². The molecule has 0 aromatic heterocycles. The number of nitrogens with two attached hydrogens (primary N) is 1. The van der Waals surface area contributed by atoms with Gasteiger partial charge in [-0.3, -0.25) is 0 Å². The second kappa shape index (κ2) is 3.99. The second-order valence-corrected chi connectivity index (χ2v) is 1.85. The van der Waals surface area contributed by atoms with E-state index in [0.717, 1.165) is 0 Å². The Balaban J connectivity index is 3.83. The first kappa shape index (κ1) is 8.06. The Hall–Kier alpha value is -0.940. The van der Waals surface area contributed by atoms with Gasteiger partial charge in [0.1, 0.15) is 5.76 Å². The van der Waals surface area contributed by atoms with Crippen LogP contribution >= 0.6 is 0 Å². The van der Waals surface area contributed by atoms with Crippen molar-refractivity contribution >= 4 is 0 Å². The van der Waals surface area contributed by atoms with E-state index in [1.807, 2.05) is 6.92 Å². The van der Waals surface area contributed by atoms with Crippen molar-refractivity contribution in [2.75, 3.05) is 0 Å². The first-order chi connectivity index (χ1) is 4.20. The largest absolute Gasteiger partial charge is 0.417 e. The van der Waals surface area contributed by atoms with Crippen molar-refractivity contribution in [3.8, 4) is 12.3 Å². The molecule has 0 spiro atoms. The number of allylic oxidation sites excluding steroid dienone is 2. The molecule has 0 aromatic rings. The van der Waals surface area contributed by atoms with Crippen LogP contribution in [0.3, 0.4) is 0 Å². The molecule has 9 heavy (non-hydrogen) atoms. The lowest BCUT2D eigenvalue weighted by Gasteiger charge is -1.97. The van der Waals surface area contributed by atoms with E-state index in [1.54, 1.807) is 13.0 Å². The Morgan fingerprint density at radius 1 is 1.89 bits per heavy atom. The summed E-state index contributed by atoms with van der Waals surface area (Å²) in [6, 6.07) is 0. The van der Waals surface area contributed by atoms with E-state index in [4.69, 9.17) is 12.3 Å². The minimum atomic E-state index is 0.0912. The summed E-state index contributed by atoms with van der Waals surface area (Å²) in [7, 11) is 0. The van der Waals surface area contributed by atoms with Crippen molar-refractivity contribution in [2.45, 2.75) is 13.8 Å². The molecule has 50 valence electrons. The lowest BCUT2D eigenvalue weighted by molar-refractivity contribution is 0.220. The maximum absolute atomic E-state index is 5.08. The first-order valence-corrected chi connectivity index (χ1v) is 2.72. The SMILES string of the molecule is C#CC(C)/C=C(/C)ON. The third-order valence-electron chi connectivity index (χ3n) is 0.933. The zero-order valence-corrected chi connectivity index (χ0v) is 5.72. The molecule has 0 saturated heterocycles. The minimum absolute atomic E-state index is 0.0912. The van der Waals surface area contributed by atoms with Crippen molar-refractivity contribution < 1.29 is 4.84 Å². The van der Waals surface area contributed by atoms with E-state index in [2.05, 4.69) is 10.8 Å². The molecule has 1 atom stereocenters. The van der Waals surface area contributed by atoms with Gasteiger partial charge in [-0.25, -0.2) is 0 Å². The standard InChI is InChI=1S/C7H11NO/c1-4-6(2)5-7(3)9-8/h1,5-6H,8H2,2-3H3/b7-5-. The van der Waals surface area contributed by atoms with Gasteiger partial charge in [0.25, 0.3) is 0 Å². The predicted molar refractivity (Wildman–Crippen MR) is 37.0 cm³/mol. The molecule has 0 saturated carbocycles. The lowest BCUT2D eigenvalue weighted by Crippen LogP contribution is -1.97. The molecule has 1 unspecified atom stereocenters. The summed E-state index contributed by atoms with van der Waals surface area (Å²) < 4.78 is 0. The molecule has 0 aliphatic carbocycles. The molecule has 0 rings (SSSR count). The minimum Gasteiger partial charge on any atom is -0.417 e. The summed E-state index contributed by atoms with van der Waals surface area (Å²) in [6.45, 7) is 3.65. The fourth-order valence-corrected chi connectivity index (χ4v) is 0.439. The third-order valence-corrected chi connectivity index (χ3v) is 0.933. The zero-order valence-electron chi connectivity index (χ0n) is 5.72. The normalized spacial score (nSPS) is 14.2. The highest BCUT2D eigenvalue weighted by Crippen LogP contribution is 1.99. The van der Waals surface area contributed by atoms with Gasteiger partial charge in [-0.15, -0.1) is 6.42 Å². The zero-order chi connectivity index (χ0) is 7.28. The molecule has 2 heteroatoms. The summed E-state index contributed by atoms with van der Waals surface area (Å²) in [5.74, 6) is 8.10. The molecule has 0 aromatic carbocycles. The first-order valence-electron chi connectivity index (χ1n) is 2.72. The van der Waals surface area contributed by atoms with Crippen LogP contribution < -0.4 is 5.90 Å². The Labute approximate surface area is 55.6 Å². The van der Waals surface area contributed by atoms with Crippen LogP contribution in [0.1, 0.15) is 13.8 Å². The monoisotopic (exact) mass is 125 g/mol. The van der Waals surface area contributed by atoms with Gasteiger partial charge in [-0.05, 0) is 19.9 Å². The number of terminal acetylenes is 1. The Kier molecular flexibility index (Phi) is 3.57.